The topological polar surface area (TPSA) is 40.6 Å². The van der Waals surface area contributed by atoms with Gasteiger partial charge in [0.1, 0.15) is 8.64 Å². The van der Waals surface area contributed by atoms with Crippen LogP contribution >= 0.6 is 139 Å². The van der Waals surface area contributed by atoms with Gasteiger partial charge in [0.25, 0.3) is 11.8 Å². The summed E-state index contributed by atoms with van der Waals surface area (Å²) in [5.41, 5.74) is 5.80. The molecular weight excluding hydrogens is 1330 g/mol. The van der Waals surface area contributed by atoms with E-state index in [4.69, 9.17) is 24.4 Å². The highest BCUT2D eigenvalue weighted by Gasteiger charge is 2.33. The Morgan fingerprint density at radius 2 is 0.622 bits per heavy atom. The quantitative estimate of drug-likeness (QED) is 0.0218. The molecule has 8 aromatic heterocycles. The van der Waals surface area contributed by atoms with Crippen molar-refractivity contribution in [2.24, 2.45) is 0 Å². The molecule has 2 fully saturated rings. The zero-order valence-corrected chi connectivity index (χ0v) is 63.5. The SMILES string of the molecule is CCCCCCCCc1cc(/C=C2\SC(=S)N(CC)C2=O)sc1-c1ccc(-c2sc(-c3cc4sc(-c5cc(CCCCCCCC)c(-c6ccc(-c7sc(/C=C8\SC(=S)N(CC)C8=O)cc7CCCCCCCC)s6)s5)cc4s3)cc2CCCCCCCC)s1. The number of hydrogen-bond donors (Lipinski definition) is 0. The molecule has 0 unspecified atom stereocenters. The number of unbranched alkanes of at least 4 members (excludes halogenated alkanes) is 20. The van der Waals surface area contributed by atoms with Crippen molar-refractivity contribution in [1.29, 1.82) is 0 Å². The Morgan fingerprint density at radius 1 is 0.333 bits per heavy atom. The van der Waals surface area contributed by atoms with Gasteiger partial charge in [0.05, 0.1) is 9.81 Å². The van der Waals surface area contributed by atoms with Crippen LogP contribution in [-0.2, 0) is 35.3 Å². The van der Waals surface area contributed by atoms with E-state index >= 15 is 0 Å². The predicted octanol–water partition coefficient (Wildman–Crippen LogP) is 27.4. The number of rotatable bonds is 38. The van der Waals surface area contributed by atoms with Crippen LogP contribution in [-0.4, -0.2) is 43.3 Å². The summed E-state index contributed by atoms with van der Waals surface area (Å²) in [6.07, 6.45) is 39.2. The monoisotopic (exact) mass is 1420 g/mol. The summed E-state index contributed by atoms with van der Waals surface area (Å²) in [6.45, 7) is 14.4. The number of nitrogens with zero attached hydrogens (tertiary/aromatic N) is 2. The van der Waals surface area contributed by atoms with Gasteiger partial charge in [-0.25, -0.2) is 0 Å². The molecule has 10 rings (SSSR count). The van der Waals surface area contributed by atoms with Gasteiger partial charge in [-0.2, -0.15) is 0 Å². The first-order valence-corrected chi connectivity index (χ1v) is 42.8. The number of carbonyl (C=O) groups is 2. The molecule has 0 aromatic carbocycles. The second-order valence-electron chi connectivity index (χ2n) is 24.1. The van der Waals surface area contributed by atoms with Crippen LogP contribution in [0, 0.1) is 0 Å². The first-order valence-electron chi connectivity index (χ1n) is 33.8. The van der Waals surface area contributed by atoms with Gasteiger partial charge in [0, 0.05) is 90.8 Å². The van der Waals surface area contributed by atoms with E-state index < -0.39 is 0 Å². The minimum Gasteiger partial charge on any atom is -0.293 e. The molecular formula is C74H90N2O2S12. The summed E-state index contributed by atoms with van der Waals surface area (Å²) < 4.78 is 4.08. The van der Waals surface area contributed by atoms with E-state index in [2.05, 4.69) is 101 Å². The molecule has 0 bridgehead atoms. The molecule has 90 heavy (non-hydrogen) atoms. The highest BCUT2D eigenvalue weighted by Crippen LogP contribution is 2.52. The first kappa shape index (κ1) is 70.0. The summed E-state index contributed by atoms with van der Waals surface area (Å²) in [5, 5.41) is 0. The van der Waals surface area contributed by atoms with Gasteiger partial charge in [-0.1, -0.05) is 204 Å². The van der Waals surface area contributed by atoms with Crippen LogP contribution in [0.3, 0.4) is 0 Å². The Labute approximate surface area is 589 Å². The predicted molar refractivity (Wildman–Crippen MR) is 419 cm³/mol. The lowest BCUT2D eigenvalue weighted by Crippen LogP contribution is -2.27. The van der Waals surface area contributed by atoms with Crippen molar-refractivity contribution in [2.75, 3.05) is 13.1 Å². The molecule has 8 aromatic rings. The number of amides is 2. The lowest BCUT2D eigenvalue weighted by molar-refractivity contribution is -0.122. The zero-order valence-electron chi connectivity index (χ0n) is 53.8. The smallest absolute Gasteiger partial charge is 0.266 e. The molecule has 0 atom stereocenters. The second kappa shape index (κ2) is 35.2. The van der Waals surface area contributed by atoms with Crippen LogP contribution in [0.15, 0.2) is 70.5 Å². The number of carbonyl (C=O) groups excluding carboxylic acids is 2. The molecule has 2 aliphatic heterocycles. The van der Waals surface area contributed by atoms with E-state index in [0.29, 0.717) is 21.7 Å². The number of likely N-dealkylation sites (N-methyl/N-ethyl adjacent to an activating group) is 2. The molecule has 2 aliphatic rings. The standard InChI is InChI=1S/C74H90N2O2S12/c1-7-13-17-21-25-29-33-49-41-53(45-65-71(77)75(11-5)73(79)89-65)81-67(49)55-37-39-57(83-55)69-51(35-31-27-23-19-15-9-3)43-59(87-69)61-47-63-64(85-61)48-62(86-63)60-44-52(36-32-28-24-20-16-10-4)70(88-60)58-40-38-56(84-58)68-50(34-30-26-22-18-14-8-2)42-54(82-68)46-66-72(78)76(12-6)74(80)90-66/h37-48H,7-36H2,1-6H3/b65-45-,66-46-. The molecule has 0 saturated carbocycles. The van der Waals surface area contributed by atoms with E-state index in [-0.39, 0.29) is 11.8 Å². The van der Waals surface area contributed by atoms with E-state index in [1.165, 1.54) is 268 Å². The molecule has 16 heteroatoms. The molecule has 2 saturated heterocycles. The number of thioether (sulfide) groups is 2. The Hall–Kier alpha value is -2.84. The number of aryl methyl sites for hydroxylation is 4. The van der Waals surface area contributed by atoms with E-state index in [1.54, 1.807) is 9.80 Å². The Morgan fingerprint density at radius 3 is 0.933 bits per heavy atom. The van der Waals surface area contributed by atoms with Crippen molar-refractivity contribution in [1.82, 2.24) is 9.80 Å². The second-order valence-corrected chi connectivity index (χ2v) is 36.1. The minimum atomic E-state index is 0.0329. The average Bonchev–Trinajstić information content (AvgIpc) is 1.73. The lowest BCUT2D eigenvalue weighted by atomic mass is 10.0. The summed E-state index contributed by atoms with van der Waals surface area (Å²) in [4.78, 5) is 50.4. The van der Waals surface area contributed by atoms with Crippen LogP contribution in [0.2, 0.25) is 0 Å². The van der Waals surface area contributed by atoms with Crippen LogP contribution in [0.4, 0.5) is 0 Å². The highest BCUT2D eigenvalue weighted by atomic mass is 32.2. The minimum absolute atomic E-state index is 0.0329. The lowest BCUT2D eigenvalue weighted by Gasteiger charge is -2.09. The number of fused-ring (bicyclic) bond motifs is 1. The van der Waals surface area contributed by atoms with Crippen LogP contribution in [0.25, 0.3) is 80.1 Å². The van der Waals surface area contributed by atoms with E-state index in [1.807, 2.05) is 105 Å². The van der Waals surface area contributed by atoms with Crippen LogP contribution in [0.1, 0.15) is 228 Å². The zero-order chi connectivity index (χ0) is 62.9. The largest absolute Gasteiger partial charge is 0.293 e. The van der Waals surface area contributed by atoms with Gasteiger partial charge in [-0.3, -0.25) is 19.4 Å². The van der Waals surface area contributed by atoms with Gasteiger partial charge in [0.2, 0.25) is 0 Å². The van der Waals surface area contributed by atoms with Crippen molar-refractivity contribution >= 4 is 181 Å². The van der Waals surface area contributed by atoms with Crippen molar-refractivity contribution in [3.63, 3.8) is 0 Å². The van der Waals surface area contributed by atoms with E-state index in [0.717, 1.165) is 45.2 Å². The first-order chi connectivity index (χ1) is 44.0. The molecule has 4 nitrogen and oxygen atoms in total. The highest BCUT2D eigenvalue weighted by molar-refractivity contribution is 8.27. The summed E-state index contributed by atoms with van der Waals surface area (Å²) in [5.74, 6) is 0.0657. The molecule has 10 heterocycles. The fraction of sp³-hybridized carbons (Fsp3) is 0.486. The molecule has 480 valence electrons. The fourth-order valence-electron chi connectivity index (χ4n) is 12.1. The van der Waals surface area contributed by atoms with Crippen molar-refractivity contribution < 1.29 is 9.59 Å². The summed E-state index contributed by atoms with van der Waals surface area (Å²) >= 11 is 29.6. The Balaban J connectivity index is 0.926. The molecule has 0 spiro atoms. The maximum Gasteiger partial charge on any atom is 0.266 e. The molecule has 0 N–H and O–H groups in total. The number of thiocarbonyl (C=S) groups is 2. The Kier molecular flexibility index (Phi) is 27.4. The number of thiophene rings is 8. The summed E-state index contributed by atoms with van der Waals surface area (Å²) in [7, 11) is 0. The molecule has 2 amide bonds. The third-order valence-corrected chi connectivity index (χ3v) is 30.1. The van der Waals surface area contributed by atoms with Crippen molar-refractivity contribution in [3.05, 3.63) is 102 Å². The number of hydrogen-bond acceptors (Lipinski definition) is 14. The van der Waals surface area contributed by atoms with Crippen molar-refractivity contribution in [3.8, 4) is 58.5 Å². The van der Waals surface area contributed by atoms with Gasteiger partial charge in [0.15, 0.2) is 0 Å². The van der Waals surface area contributed by atoms with Gasteiger partial charge < -0.3 is 0 Å². The third kappa shape index (κ3) is 18.0. The average molecular weight is 1420 g/mol. The van der Waals surface area contributed by atoms with Crippen LogP contribution < -0.4 is 0 Å². The maximum atomic E-state index is 13.4. The fourth-order valence-corrected chi connectivity index (χ4v) is 24.9. The summed E-state index contributed by atoms with van der Waals surface area (Å²) in [6, 6.07) is 24.4. The third-order valence-electron chi connectivity index (χ3n) is 17.2. The van der Waals surface area contributed by atoms with Gasteiger partial charge in [-0.05, 0) is 160 Å². The molecule has 0 radical (unpaired) electrons. The van der Waals surface area contributed by atoms with E-state index in [9.17, 15) is 9.59 Å². The van der Waals surface area contributed by atoms with Crippen LogP contribution in [0.5, 0.6) is 0 Å². The normalized spacial score (nSPS) is 14.8. The van der Waals surface area contributed by atoms with Crippen molar-refractivity contribution in [2.45, 2.75) is 221 Å². The van der Waals surface area contributed by atoms with Gasteiger partial charge >= 0.3 is 0 Å². The Bertz CT molecular complexity index is 3480. The molecule has 0 aliphatic carbocycles. The van der Waals surface area contributed by atoms with Gasteiger partial charge in [-0.15, -0.1) is 90.7 Å². The maximum absolute atomic E-state index is 13.4.